The first-order valence-electron chi connectivity index (χ1n) is 6.97. The maximum atomic E-state index is 9.53. The van der Waals surface area contributed by atoms with Crippen LogP contribution in [0.4, 0.5) is 0 Å². The monoisotopic (exact) mass is 260 g/mol. The van der Waals surface area contributed by atoms with E-state index in [0.717, 1.165) is 24.4 Å². The Morgan fingerprint density at radius 3 is 2.47 bits per heavy atom. The summed E-state index contributed by atoms with van der Waals surface area (Å²) in [5, 5.41) is 9.53. The second kappa shape index (κ2) is 7.16. The Balaban J connectivity index is 2.92. The average Bonchev–Trinajstić information content (AvgIpc) is 2.41. The Labute approximate surface area is 116 Å². The van der Waals surface area contributed by atoms with E-state index < -0.39 is 5.54 Å². The first kappa shape index (κ1) is 15.5. The minimum atomic E-state index is -0.464. The quantitative estimate of drug-likeness (QED) is 0.755. The van der Waals surface area contributed by atoms with Gasteiger partial charge in [-0.1, -0.05) is 26.0 Å². The Kier molecular flexibility index (Phi) is 5.85. The van der Waals surface area contributed by atoms with Gasteiger partial charge in [0.2, 0.25) is 0 Å². The SMILES string of the molecule is CCOc1cccc(CC(C)(C#N)N(CC)CC)c1. The van der Waals surface area contributed by atoms with Crippen molar-refractivity contribution in [3.05, 3.63) is 29.8 Å². The van der Waals surface area contributed by atoms with Gasteiger partial charge in [0.05, 0.1) is 12.7 Å². The van der Waals surface area contributed by atoms with E-state index in [1.54, 1.807) is 0 Å². The van der Waals surface area contributed by atoms with Gasteiger partial charge in [0.1, 0.15) is 11.3 Å². The molecular formula is C16H24N2O. The van der Waals surface area contributed by atoms with Gasteiger partial charge >= 0.3 is 0 Å². The lowest BCUT2D eigenvalue weighted by atomic mass is 9.92. The van der Waals surface area contributed by atoms with Crippen LogP contribution in [0.25, 0.3) is 0 Å². The number of rotatable bonds is 7. The van der Waals surface area contributed by atoms with Gasteiger partial charge in [-0.3, -0.25) is 4.90 Å². The zero-order valence-corrected chi connectivity index (χ0v) is 12.4. The van der Waals surface area contributed by atoms with Gasteiger partial charge in [-0.15, -0.1) is 0 Å². The molecule has 1 atom stereocenters. The lowest BCUT2D eigenvalue weighted by Crippen LogP contribution is -2.46. The van der Waals surface area contributed by atoms with E-state index >= 15 is 0 Å². The molecule has 1 rings (SSSR count). The van der Waals surface area contributed by atoms with E-state index in [1.165, 1.54) is 0 Å². The van der Waals surface area contributed by atoms with Crippen LogP contribution in [0, 0.1) is 11.3 Å². The fraction of sp³-hybridized carbons (Fsp3) is 0.562. The lowest BCUT2D eigenvalue weighted by Gasteiger charge is -2.34. The fourth-order valence-electron chi connectivity index (χ4n) is 2.45. The Bertz CT molecular complexity index is 435. The molecule has 19 heavy (non-hydrogen) atoms. The van der Waals surface area contributed by atoms with E-state index in [2.05, 4.69) is 30.9 Å². The molecule has 1 aromatic rings. The van der Waals surface area contributed by atoms with Crippen LogP contribution in [0.1, 0.15) is 33.3 Å². The molecule has 0 heterocycles. The summed E-state index contributed by atoms with van der Waals surface area (Å²) >= 11 is 0. The molecule has 1 unspecified atom stereocenters. The van der Waals surface area contributed by atoms with Crippen molar-refractivity contribution in [3.8, 4) is 11.8 Å². The van der Waals surface area contributed by atoms with Crippen molar-refractivity contribution in [2.45, 2.75) is 39.7 Å². The van der Waals surface area contributed by atoms with Crippen LogP contribution in [0.2, 0.25) is 0 Å². The number of nitrogens with zero attached hydrogens (tertiary/aromatic N) is 2. The summed E-state index contributed by atoms with van der Waals surface area (Å²) in [5.74, 6) is 0.875. The van der Waals surface area contributed by atoms with Crippen molar-refractivity contribution in [2.75, 3.05) is 19.7 Å². The zero-order chi connectivity index (χ0) is 14.3. The first-order chi connectivity index (χ1) is 9.09. The van der Waals surface area contributed by atoms with E-state index in [0.29, 0.717) is 13.0 Å². The molecule has 0 fully saturated rings. The smallest absolute Gasteiger partial charge is 0.119 e. The predicted molar refractivity (Wildman–Crippen MR) is 78.3 cm³/mol. The molecule has 104 valence electrons. The van der Waals surface area contributed by atoms with E-state index in [-0.39, 0.29) is 0 Å². The van der Waals surface area contributed by atoms with Gasteiger partial charge < -0.3 is 4.74 Å². The number of hydrogen-bond acceptors (Lipinski definition) is 3. The highest BCUT2D eigenvalue weighted by Crippen LogP contribution is 2.22. The van der Waals surface area contributed by atoms with Crippen molar-refractivity contribution < 1.29 is 4.74 Å². The minimum absolute atomic E-state index is 0.464. The highest BCUT2D eigenvalue weighted by molar-refractivity contribution is 5.31. The van der Waals surface area contributed by atoms with Crippen molar-refractivity contribution in [2.24, 2.45) is 0 Å². The van der Waals surface area contributed by atoms with Crippen LogP contribution in [0.3, 0.4) is 0 Å². The van der Waals surface area contributed by atoms with Crippen LogP contribution in [-0.4, -0.2) is 30.1 Å². The molecule has 0 aromatic heterocycles. The van der Waals surface area contributed by atoms with Gasteiger partial charge in [-0.2, -0.15) is 5.26 Å². The molecule has 0 radical (unpaired) electrons. The van der Waals surface area contributed by atoms with Crippen molar-refractivity contribution in [3.63, 3.8) is 0 Å². The second-order valence-electron chi connectivity index (χ2n) is 4.82. The summed E-state index contributed by atoms with van der Waals surface area (Å²) in [6.45, 7) is 10.6. The van der Waals surface area contributed by atoms with Crippen LogP contribution in [0.5, 0.6) is 5.75 Å². The summed E-state index contributed by atoms with van der Waals surface area (Å²) in [4.78, 5) is 2.19. The summed E-state index contributed by atoms with van der Waals surface area (Å²) in [7, 11) is 0. The molecular weight excluding hydrogens is 236 g/mol. The molecule has 0 amide bonds. The summed E-state index contributed by atoms with van der Waals surface area (Å²) in [5.41, 5.74) is 0.677. The first-order valence-corrected chi connectivity index (χ1v) is 6.97. The zero-order valence-electron chi connectivity index (χ0n) is 12.4. The highest BCUT2D eigenvalue weighted by atomic mass is 16.5. The number of likely N-dealkylation sites (N-methyl/N-ethyl adjacent to an activating group) is 1. The van der Waals surface area contributed by atoms with Crippen LogP contribution in [0.15, 0.2) is 24.3 Å². The third-order valence-electron chi connectivity index (χ3n) is 3.46. The Morgan fingerprint density at radius 1 is 1.26 bits per heavy atom. The molecule has 3 nitrogen and oxygen atoms in total. The van der Waals surface area contributed by atoms with Gasteiger partial charge in [-0.25, -0.2) is 0 Å². The number of ether oxygens (including phenoxy) is 1. The number of benzene rings is 1. The molecule has 0 aliphatic carbocycles. The molecule has 0 bridgehead atoms. The molecule has 0 spiro atoms. The summed E-state index contributed by atoms with van der Waals surface area (Å²) in [6.07, 6.45) is 0.714. The van der Waals surface area contributed by atoms with Gasteiger partial charge in [0.25, 0.3) is 0 Å². The van der Waals surface area contributed by atoms with Crippen LogP contribution >= 0.6 is 0 Å². The van der Waals surface area contributed by atoms with Crippen molar-refractivity contribution in [1.29, 1.82) is 5.26 Å². The average molecular weight is 260 g/mol. The third kappa shape index (κ3) is 3.97. The largest absolute Gasteiger partial charge is 0.494 e. The highest BCUT2D eigenvalue weighted by Gasteiger charge is 2.30. The molecule has 3 heteroatoms. The van der Waals surface area contributed by atoms with Crippen molar-refractivity contribution in [1.82, 2.24) is 4.90 Å². The van der Waals surface area contributed by atoms with Gasteiger partial charge in [0, 0.05) is 6.42 Å². The maximum absolute atomic E-state index is 9.53. The second-order valence-corrected chi connectivity index (χ2v) is 4.82. The number of hydrogen-bond donors (Lipinski definition) is 0. The molecule has 0 aliphatic rings. The van der Waals surface area contributed by atoms with Gasteiger partial charge in [0.15, 0.2) is 0 Å². The topological polar surface area (TPSA) is 36.3 Å². The Morgan fingerprint density at radius 2 is 1.95 bits per heavy atom. The van der Waals surface area contributed by atoms with E-state index in [9.17, 15) is 5.26 Å². The molecule has 0 saturated heterocycles. The fourth-order valence-corrected chi connectivity index (χ4v) is 2.45. The van der Waals surface area contributed by atoms with E-state index in [1.807, 2.05) is 32.0 Å². The molecule has 0 saturated carbocycles. The molecule has 1 aromatic carbocycles. The predicted octanol–water partition coefficient (Wildman–Crippen LogP) is 3.25. The molecule has 0 N–H and O–H groups in total. The number of nitriles is 1. The maximum Gasteiger partial charge on any atom is 0.119 e. The van der Waals surface area contributed by atoms with Crippen molar-refractivity contribution >= 4 is 0 Å². The van der Waals surface area contributed by atoms with Crippen LogP contribution in [-0.2, 0) is 6.42 Å². The Hall–Kier alpha value is -1.53. The van der Waals surface area contributed by atoms with Gasteiger partial charge in [-0.05, 0) is 44.6 Å². The summed E-state index contributed by atoms with van der Waals surface area (Å²) in [6, 6.07) is 10.5. The van der Waals surface area contributed by atoms with E-state index in [4.69, 9.17) is 4.74 Å². The third-order valence-corrected chi connectivity index (χ3v) is 3.46. The molecule has 0 aliphatic heterocycles. The normalized spacial score (nSPS) is 13.9. The lowest BCUT2D eigenvalue weighted by molar-refractivity contribution is 0.169. The standard InChI is InChI=1S/C16H24N2O/c1-5-18(6-2)16(4,13-17)12-14-9-8-10-15(11-14)19-7-3/h8-11H,5-7,12H2,1-4H3. The minimum Gasteiger partial charge on any atom is -0.494 e. The summed E-state index contributed by atoms with van der Waals surface area (Å²) < 4.78 is 5.51. The van der Waals surface area contributed by atoms with Crippen LogP contribution < -0.4 is 4.74 Å².